The number of carboxylic acids is 1. The number of ether oxygens (including phenoxy) is 1. The molecular weight excluding hydrogens is 352 g/mol. The highest BCUT2D eigenvalue weighted by atomic mass is 16.5. The second-order valence-electron chi connectivity index (χ2n) is 7.02. The molecule has 0 saturated carbocycles. The number of benzene rings is 2. The molecule has 0 saturated heterocycles. The number of carboxylic acid groups (broad SMARTS) is 1. The van der Waals surface area contributed by atoms with Gasteiger partial charge in [0.25, 0.3) is 0 Å². The molecule has 1 aliphatic heterocycles. The molecule has 1 aliphatic rings. The van der Waals surface area contributed by atoms with Gasteiger partial charge in [0.2, 0.25) is 0 Å². The molecule has 0 bridgehead atoms. The van der Waals surface area contributed by atoms with Crippen molar-refractivity contribution in [2.75, 3.05) is 20.2 Å². The van der Waals surface area contributed by atoms with Gasteiger partial charge in [0.05, 0.1) is 30.8 Å². The third kappa shape index (κ3) is 3.25. The molecule has 0 spiro atoms. The summed E-state index contributed by atoms with van der Waals surface area (Å²) < 4.78 is 5.23. The van der Waals surface area contributed by atoms with Crippen molar-refractivity contribution in [2.24, 2.45) is 0 Å². The van der Waals surface area contributed by atoms with Crippen LogP contribution in [0.1, 0.15) is 34.1 Å². The van der Waals surface area contributed by atoms with E-state index in [-0.39, 0.29) is 5.56 Å². The van der Waals surface area contributed by atoms with E-state index < -0.39 is 5.97 Å². The standard InChI is InChI=1S/C23H22N2O3/c1-3-25-13-16(12-15-8-10-17(28-2)11-9-15)22-19(14-25)21(23(26)27)18-6-4-5-7-20(18)24-22/h4-12H,3,13-14H2,1-2H3,(H,26,27)/b16-12+. The molecule has 5 nitrogen and oxygen atoms in total. The van der Waals surface area contributed by atoms with Crippen LogP contribution in [0.15, 0.2) is 48.5 Å². The number of aromatic nitrogens is 1. The van der Waals surface area contributed by atoms with E-state index in [1.54, 1.807) is 13.2 Å². The minimum atomic E-state index is -1.14. The van der Waals surface area contributed by atoms with E-state index in [9.17, 15) is 9.90 Å². The van der Waals surface area contributed by atoms with Crippen molar-refractivity contribution in [1.82, 2.24) is 4.98 Å². The number of hydrogen-bond donors (Lipinski definition) is 1. The molecule has 2 heterocycles. The van der Waals surface area contributed by atoms with Crippen LogP contribution in [-0.4, -0.2) is 31.2 Å². The van der Waals surface area contributed by atoms with Gasteiger partial charge in [-0.05, 0) is 36.8 Å². The Morgan fingerprint density at radius 3 is 2.61 bits per heavy atom. The van der Waals surface area contributed by atoms with Crippen LogP contribution in [0.5, 0.6) is 5.75 Å². The Bertz CT molecular complexity index is 1070. The van der Waals surface area contributed by atoms with Crippen LogP contribution in [0, 0.1) is 0 Å². The molecule has 2 aromatic carbocycles. The minimum absolute atomic E-state index is 0.270. The minimum Gasteiger partial charge on any atom is -0.545 e. The second-order valence-corrected chi connectivity index (χ2v) is 7.02. The van der Waals surface area contributed by atoms with Crippen LogP contribution in [-0.2, 0) is 6.54 Å². The molecule has 1 N–H and O–H groups in total. The zero-order valence-electron chi connectivity index (χ0n) is 16.0. The third-order valence-corrected chi connectivity index (χ3v) is 5.33. The molecule has 0 fully saturated rings. The number of hydrogen-bond acceptors (Lipinski definition) is 4. The van der Waals surface area contributed by atoms with Gasteiger partial charge in [-0.2, -0.15) is 0 Å². The Morgan fingerprint density at radius 2 is 1.93 bits per heavy atom. The summed E-state index contributed by atoms with van der Waals surface area (Å²) >= 11 is 0. The van der Waals surface area contributed by atoms with E-state index >= 15 is 0 Å². The average molecular weight is 374 g/mol. The van der Waals surface area contributed by atoms with Crippen molar-refractivity contribution in [2.45, 2.75) is 13.5 Å². The number of carbonyl (C=O) groups is 1. The van der Waals surface area contributed by atoms with Crippen molar-refractivity contribution >= 4 is 28.5 Å². The van der Waals surface area contributed by atoms with Crippen molar-refractivity contribution < 1.29 is 19.5 Å². The summed E-state index contributed by atoms with van der Waals surface area (Å²) in [6.45, 7) is 4.44. The lowest BCUT2D eigenvalue weighted by molar-refractivity contribution is -0.905. The third-order valence-electron chi connectivity index (χ3n) is 5.33. The van der Waals surface area contributed by atoms with Crippen LogP contribution in [0.4, 0.5) is 0 Å². The fourth-order valence-electron chi connectivity index (χ4n) is 3.86. The number of nitrogens with one attached hydrogen (secondary N) is 1. The highest BCUT2D eigenvalue weighted by Gasteiger charge is 2.28. The predicted molar refractivity (Wildman–Crippen MR) is 107 cm³/mol. The molecule has 0 radical (unpaired) electrons. The lowest BCUT2D eigenvalue weighted by Crippen LogP contribution is -3.11. The van der Waals surface area contributed by atoms with Gasteiger partial charge in [0, 0.05) is 22.1 Å². The van der Waals surface area contributed by atoms with Crippen molar-refractivity contribution in [3.05, 3.63) is 70.9 Å². The maximum atomic E-state index is 12.0. The number of nitrogens with zero attached hydrogens (tertiary/aromatic N) is 1. The lowest BCUT2D eigenvalue weighted by Gasteiger charge is -2.29. The van der Waals surface area contributed by atoms with E-state index in [2.05, 4.69) is 13.0 Å². The maximum Gasteiger partial charge on any atom is 0.118 e. The lowest BCUT2D eigenvalue weighted by atomic mass is 9.92. The summed E-state index contributed by atoms with van der Waals surface area (Å²) in [6.07, 6.45) is 2.09. The molecule has 1 aromatic heterocycles. The Morgan fingerprint density at radius 1 is 1.18 bits per heavy atom. The summed E-state index contributed by atoms with van der Waals surface area (Å²) in [7, 11) is 1.64. The number of methoxy groups -OCH3 is 1. The number of pyridine rings is 1. The highest BCUT2D eigenvalue weighted by Crippen LogP contribution is 2.30. The van der Waals surface area contributed by atoms with Gasteiger partial charge >= 0.3 is 0 Å². The zero-order chi connectivity index (χ0) is 19.7. The van der Waals surface area contributed by atoms with E-state index in [1.807, 2.05) is 42.5 Å². The fraction of sp³-hybridized carbons (Fsp3) is 0.217. The van der Waals surface area contributed by atoms with Gasteiger partial charge in [0.1, 0.15) is 18.8 Å². The number of fused-ring (bicyclic) bond motifs is 2. The summed E-state index contributed by atoms with van der Waals surface area (Å²) in [5, 5.41) is 12.7. The SMILES string of the molecule is CC[NH+]1C/C(=C\c2ccc(OC)cc2)c2nc3ccccc3c(C(=O)[O-])c2C1. The first-order valence-electron chi connectivity index (χ1n) is 9.42. The Balaban J connectivity index is 1.93. The van der Waals surface area contributed by atoms with Crippen LogP contribution in [0.3, 0.4) is 0 Å². The molecule has 142 valence electrons. The summed E-state index contributed by atoms with van der Waals surface area (Å²) in [6, 6.07) is 15.2. The molecular formula is C23H22N2O3. The van der Waals surface area contributed by atoms with E-state index in [1.165, 1.54) is 4.90 Å². The number of likely N-dealkylation sites (N-methyl/N-ethyl adjacent to an activating group) is 1. The Kier molecular flexibility index (Phi) is 4.84. The number of rotatable bonds is 4. The number of quaternary nitrogens is 1. The molecule has 1 atom stereocenters. The smallest absolute Gasteiger partial charge is 0.118 e. The van der Waals surface area contributed by atoms with Crippen LogP contribution in [0.25, 0.3) is 22.6 Å². The average Bonchev–Trinajstić information content (AvgIpc) is 2.72. The van der Waals surface area contributed by atoms with Gasteiger partial charge in [-0.3, -0.25) is 0 Å². The summed E-state index contributed by atoms with van der Waals surface area (Å²) in [5.74, 6) is -0.341. The molecule has 3 aromatic rings. The monoisotopic (exact) mass is 374 g/mol. The van der Waals surface area contributed by atoms with Gasteiger partial charge in [-0.15, -0.1) is 0 Å². The van der Waals surface area contributed by atoms with Crippen molar-refractivity contribution in [3.63, 3.8) is 0 Å². The quantitative estimate of drug-likeness (QED) is 0.753. The molecule has 0 amide bonds. The molecule has 5 heteroatoms. The molecule has 4 rings (SSSR count). The number of carbonyl (C=O) groups excluding carboxylic acids is 1. The Labute approximate surface area is 163 Å². The van der Waals surface area contributed by atoms with Crippen molar-refractivity contribution in [3.8, 4) is 5.75 Å². The van der Waals surface area contributed by atoms with Crippen LogP contribution >= 0.6 is 0 Å². The Hall–Kier alpha value is -3.18. The van der Waals surface area contributed by atoms with E-state index in [4.69, 9.17) is 9.72 Å². The van der Waals surface area contributed by atoms with Crippen LogP contribution < -0.4 is 14.7 Å². The fourth-order valence-corrected chi connectivity index (χ4v) is 3.86. The van der Waals surface area contributed by atoms with Gasteiger partial charge in [-0.25, -0.2) is 4.98 Å². The topological polar surface area (TPSA) is 66.7 Å². The predicted octanol–water partition coefficient (Wildman–Crippen LogP) is 1.57. The number of para-hydroxylation sites is 1. The van der Waals surface area contributed by atoms with Crippen LogP contribution in [0.2, 0.25) is 0 Å². The van der Waals surface area contributed by atoms with Gasteiger partial charge < -0.3 is 19.5 Å². The van der Waals surface area contributed by atoms with E-state index in [0.717, 1.165) is 41.2 Å². The molecule has 1 unspecified atom stereocenters. The highest BCUT2D eigenvalue weighted by molar-refractivity contribution is 6.05. The summed E-state index contributed by atoms with van der Waals surface area (Å²) in [4.78, 5) is 18.2. The number of aromatic carboxylic acids is 1. The van der Waals surface area contributed by atoms with Crippen molar-refractivity contribution in [1.29, 1.82) is 0 Å². The first-order valence-corrected chi connectivity index (χ1v) is 9.42. The zero-order valence-corrected chi connectivity index (χ0v) is 16.0. The van der Waals surface area contributed by atoms with Gasteiger partial charge in [-0.1, -0.05) is 30.3 Å². The largest absolute Gasteiger partial charge is 0.545 e. The second kappa shape index (κ2) is 7.44. The normalized spacial score (nSPS) is 17.5. The summed E-state index contributed by atoms with van der Waals surface area (Å²) in [5.41, 5.74) is 4.56. The van der Waals surface area contributed by atoms with Gasteiger partial charge in [0.15, 0.2) is 0 Å². The maximum absolute atomic E-state index is 12.0. The molecule has 28 heavy (non-hydrogen) atoms. The first-order chi connectivity index (χ1) is 13.6. The first kappa shape index (κ1) is 18.2. The molecule has 0 aliphatic carbocycles. The van der Waals surface area contributed by atoms with E-state index in [0.29, 0.717) is 17.4 Å².